The Kier molecular flexibility index (Phi) is 3.38. The minimum absolute atomic E-state index is 0.0131. The number of rotatable bonds is 4. The second-order valence-electron chi connectivity index (χ2n) is 5.44. The van der Waals surface area contributed by atoms with Crippen molar-refractivity contribution in [3.05, 3.63) is 24.8 Å². The van der Waals surface area contributed by atoms with Gasteiger partial charge in [0.1, 0.15) is 11.8 Å². The van der Waals surface area contributed by atoms with E-state index in [0.29, 0.717) is 23.4 Å². The maximum atomic E-state index is 10.2. The molecule has 1 saturated carbocycles. The Labute approximate surface area is 122 Å². The summed E-state index contributed by atoms with van der Waals surface area (Å²) in [4.78, 5) is 12.4. The number of fused-ring (bicyclic) bond motifs is 1. The number of aliphatic hydroxyl groups is 2. The summed E-state index contributed by atoms with van der Waals surface area (Å²) in [6, 6.07) is -0.128. The van der Waals surface area contributed by atoms with Crippen molar-refractivity contribution in [2.24, 2.45) is 11.8 Å². The molecule has 0 aliphatic heterocycles. The van der Waals surface area contributed by atoms with E-state index in [9.17, 15) is 10.2 Å². The van der Waals surface area contributed by atoms with Gasteiger partial charge < -0.3 is 20.5 Å². The Bertz CT molecular complexity index is 683. The van der Waals surface area contributed by atoms with Crippen LogP contribution in [0, 0.1) is 11.8 Å². The molecular formula is C14H19N5O2. The van der Waals surface area contributed by atoms with E-state index in [0.717, 1.165) is 5.57 Å². The lowest BCUT2D eigenvalue weighted by molar-refractivity contribution is -0.00926. The minimum Gasteiger partial charge on any atom is -0.396 e. The molecule has 0 bridgehead atoms. The number of anilines is 1. The summed E-state index contributed by atoms with van der Waals surface area (Å²) in [5.74, 6) is 0.137. The van der Waals surface area contributed by atoms with Crippen LogP contribution in [0.15, 0.2) is 24.8 Å². The summed E-state index contributed by atoms with van der Waals surface area (Å²) in [6.07, 6.45) is 3.16. The average Bonchev–Trinajstić information content (AvgIpc) is 2.89. The molecule has 1 fully saturated rings. The molecule has 4 atom stereocenters. The van der Waals surface area contributed by atoms with E-state index in [1.807, 2.05) is 11.5 Å². The van der Waals surface area contributed by atoms with E-state index >= 15 is 0 Å². The fourth-order valence-corrected chi connectivity index (χ4v) is 3.24. The minimum atomic E-state index is -0.505. The number of hydrogen-bond acceptors (Lipinski definition) is 6. The molecule has 0 spiro atoms. The molecule has 0 amide bonds. The van der Waals surface area contributed by atoms with Crippen molar-refractivity contribution in [2.45, 2.75) is 25.5 Å². The Balaban J connectivity index is 2.05. The zero-order valence-corrected chi connectivity index (χ0v) is 11.8. The van der Waals surface area contributed by atoms with Crippen LogP contribution in [-0.2, 0) is 0 Å². The Morgan fingerprint density at radius 3 is 2.86 bits per heavy atom. The summed E-state index contributed by atoms with van der Waals surface area (Å²) in [5, 5.41) is 19.8. The molecular weight excluding hydrogens is 270 g/mol. The number of aromatic nitrogens is 4. The van der Waals surface area contributed by atoms with Crippen LogP contribution in [0.3, 0.4) is 0 Å². The molecule has 7 heteroatoms. The van der Waals surface area contributed by atoms with Gasteiger partial charge >= 0.3 is 0 Å². The first-order valence-electron chi connectivity index (χ1n) is 7.00. The Morgan fingerprint density at radius 2 is 2.19 bits per heavy atom. The first kappa shape index (κ1) is 14.0. The number of nitrogens with zero attached hydrogens (tertiary/aromatic N) is 4. The van der Waals surface area contributed by atoms with Crippen LogP contribution in [-0.4, -0.2) is 42.4 Å². The van der Waals surface area contributed by atoms with Gasteiger partial charge in [0.2, 0.25) is 0 Å². The molecule has 1 aliphatic carbocycles. The summed E-state index contributed by atoms with van der Waals surface area (Å²) >= 11 is 0. The Hall–Kier alpha value is -1.99. The lowest BCUT2D eigenvalue weighted by atomic mass is 9.63. The van der Waals surface area contributed by atoms with Gasteiger partial charge in [-0.1, -0.05) is 13.5 Å². The van der Waals surface area contributed by atoms with Crippen LogP contribution in [0.1, 0.15) is 19.4 Å². The molecule has 21 heavy (non-hydrogen) atoms. The van der Waals surface area contributed by atoms with Gasteiger partial charge in [0.15, 0.2) is 11.5 Å². The van der Waals surface area contributed by atoms with Crippen molar-refractivity contribution in [3.63, 3.8) is 0 Å². The molecule has 1 unspecified atom stereocenters. The molecule has 7 nitrogen and oxygen atoms in total. The summed E-state index contributed by atoms with van der Waals surface area (Å²) < 4.78 is 1.87. The number of imidazole rings is 1. The standard InChI is InChI=1S/C14H19N5O2/c1-3-9(21)10-8(4-20)7(2)12(10)19-6-18-11-13(15)16-5-17-14(11)19/h5-6,8-10,12,20-21H,2-4H2,1H3,(H2,15,16,17)/t8-,9?,10-,12+/m0/s1. The topological polar surface area (TPSA) is 110 Å². The first-order valence-corrected chi connectivity index (χ1v) is 7.00. The molecule has 0 aromatic carbocycles. The van der Waals surface area contributed by atoms with Gasteiger partial charge in [-0.05, 0) is 12.0 Å². The van der Waals surface area contributed by atoms with Crippen molar-refractivity contribution >= 4 is 17.0 Å². The largest absolute Gasteiger partial charge is 0.396 e. The smallest absolute Gasteiger partial charge is 0.165 e. The second kappa shape index (κ2) is 5.09. The number of hydrogen-bond donors (Lipinski definition) is 3. The molecule has 4 N–H and O–H groups in total. The van der Waals surface area contributed by atoms with E-state index in [4.69, 9.17) is 5.73 Å². The third-order valence-electron chi connectivity index (χ3n) is 4.43. The van der Waals surface area contributed by atoms with Crippen molar-refractivity contribution < 1.29 is 10.2 Å². The lowest BCUT2D eigenvalue weighted by Crippen LogP contribution is -2.48. The highest BCUT2D eigenvalue weighted by molar-refractivity contribution is 5.81. The molecule has 1 aliphatic rings. The zero-order chi connectivity index (χ0) is 15.1. The molecule has 0 radical (unpaired) electrons. The summed E-state index contributed by atoms with van der Waals surface area (Å²) in [6.45, 7) is 5.96. The van der Waals surface area contributed by atoms with Crippen LogP contribution >= 0.6 is 0 Å². The van der Waals surface area contributed by atoms with E-state index in [1.165, 1.54) is 6.33 Å². The predicted octanol–water partition coefficient (Wildman–Crippen LogP) is 0.515. The Morgan fingerprint density at radius 1 is 1.43 bits per heavy atom. The third-order valence-corrected chi connectivity index (χ3v) is 4.43. The van der Waals surface area contributed by atoms with Gasteiger partial charge in [-0.3, -0.25) is 0 Å². The van der Waals surface area contributed by atoms with Crippen molar-refractivity contribution in [3.8, 4) is 0 Å². The van der Waals surface area contributed by atoms with Gasteiger partial charge in [0, 0.05) is 11.8 Å². The van der Waals surface area contributed by atoms with Gasteiger partial charge in [0.25, 0.3) is 0 Å². The SMILES string of the molecule is C=C1[C@@H](n2cnc3c(N)ncnc32)[C@H](C(O)CC)[C@H]1CO. The number of nitrogens with two attached hydrogens (primary N) is 1. The first-order chi connectivity index (χ1) is 10.1. The van der Waals surface area contributed by atoms with E-state index < -0.39 is 6.10 Å². The highest BCUT2D eigenvalue weighted by atomic mass is 16.3. The summed E-state index contributed by atoms with van der Waals surface area (Å²) in [7, 11) is 0. The molecule has 2 heterocycles. The molecule has 3 rings (SSSR count). The third kappa shape index (κ3) is 1.92. The van der Waals surface area contributed by atoms with Crippen molar-refractivity contribution in [1.29, 1.82) is 0 Å². The van der Waals surface area contributed by atoms with Crippen LogP contribution < -0.4 is 5.73 Å². The van der Waals surface area contributed by atoms with E-state index in [1.54, 1.807) is 6.33 Å². The maximum Gasteiger partial charge on any atom is 0.165 e. The van der Waals surface area contributed by atoms with Gasteiger partial charge in [-0.25, -0.2) is 15.0 Å². The molecule has 2 aromatic heterocycles. The van der Waals surface area contributed by atoms with E-state index in [-0.39, 0.29) is 24.5 Å². The van der Waals surface area contributed by atoms with Crippen molar-refractivity contribution in [1.82, 2.24) is 19.5 Å². The fourth-order valence-electron chi connectivity index (χ4n) is 3.24. The number of nitrogen functional groups attached to an aromatic ring is 1. The highest BCUT2D eigenvalue weighted by Gasteiger charge is 2.49. The molecule has 0 saturated heterocycles. The van der Waals surface area contributed by atoms with Gasteiger partial charge in [-0.15, -0.1) is 0 Å². The normalized spacial score (nSPS) is 26.8. The van der Waals surface area contributed by atoms with Crippen molar-refractivity contribution in [2.75, 3.05) is 12.3 Å². The molecule has 2 aromatic rings. The van der Waals surface area contributed by atoms with Gasteiger partial charge in [0.05, 0.1) is 25.1 Å². The highest BCUT2D eigenvalue weighted by Crippen LogP contribution is 2.50. The lowest BCUT2D eigenvalue weighted by Gasteiger charge is -2.49. The predicted molar refractivity (Wildman–Crippen MR) is 78.3 cm³/mol. The van der Waals surface area contributed by atoms with Crippen LogP contribution in [0.4, 0.5) is 5.82 Å². The summed E-state index contributed by atoms with van der Waals surface area (Å²) in [5.41, 5.74) is 7.85. The monoisotopic (exact) mass is 289 g/mol. The second-order valence-corrected chi connectivity index (χ2v) is 5.44. The number of aliphatic hydroxyl groups excluding tert-OH is 2. The zero-order valence-electron chi connectivity index (χ0n) is 11.8. The maximum absolute atomic E-state index is 10.2. The quantitative estimate of drug-likeness (QED) is 0.708. The van der Waals surface area contributed by atoms with Gasteiger partial charge in [-0.2, -0.15) is 0 Å². The fraction of sp³-hybridized carbons (Fsp3) is 0.500. The van der Waals surface area contributed by atoms with Crippen LogP contribution in [0.2, 0.25) is 0 Å². The van der Waals surface area contributed by atoms with E-state index in [2.05, 4.69) is 21.5 Å². The van der Waals surface area contributed by atoms with Crippen LogP contribution in [0.25, 0.3) is 11.2 Å². The van der Waals surface area contributed by atoms with Crippen LogP contribution in [0.5, 0.6) is 0 Å². The molecule has 112 valence electrons. The average molecular weight is 289 g/mol.